The monoisotopic (exact) mass is 449 g/mol. The Morgan fingerprint density at radius 2 is 2.09 bits per heavy atom. The number of nitro groups is 1. The highest BCUT2D eigenvalue weighted by atomic mass is 16.6. The van der Waals surface area contributed by atoms with Gasteiger partial charge in [0.25, 0.3) is 11.6 Å². The van der Waals surface area contributed by atoms with Crippen molar-refractivity contribution in [3.8, 4) is 16.9 Å². The number of hydrogen-bond donors (Lipinski definition) is 2. The molecule has 0 radical (unpaired) electrons. The van der Waals surface area contributed by atoms with Crippen LogP contribution in [0.2, 0.25) is 0 Å². The Labute approximate surface area is 189 Å². The molecule has 170 valence electrons. The van der Waals surface area contributed by atoms with Crippen LogP contribution in [0.5, 0.6) is 5.75 Å². The number of anilines is 2. The van der Waals surface area contributed by atoms with Crippen molar-refractivity contribution in [3.05, 3.63) is 63.8 Å². The van der Waals surface area contributed by atoms with E-state index < -0.39 is 16.9 Å². The lowest BCUT2D eigenvalue weighted by Gasteiger charge is -2.11. The van der Waals surface area contributed by atoms with Gasteiger partial charge in [0.15, 0.2) is 0 Å². The van der Waals surface area contributed by atoms with Gasteiger partial charge in [-0.15, -0.1) is 0 Å². The average molecular weight is 449 g/mol. The molecule has 1 atom stereocenters. The van der Waals surface area contributed by atoms with E-state index in [1.165, 1.54) is 12.1 Å². The van der Waals surface area contributed by atoms with Gasteiger partial charge in [0.1, 0.15) is 17.6 Å². The molecule has 0 spiro atoms. The van der Waals surface area contributed by atoms with E-state index in [-0.39, 0.29) is 18.0 Å². The Morgan fingerprint density at radius 1 is 1.30 bits per heavy atom. The number of rotatable bonds is 7. The second-order valence-corrected chi connectivity index (χ2v) is 7.71. The van der Waals surface area contributed by atoms with Gasteiger partial charge < -0.3 is 15.4 Å². The summed E-state index contributed by atoms with van der Waals surface area (Å²) in [5.74, 6) is 0.440. The second kappa shape index (κ2) is 8.73. The van der Waals surface area contributed by atoms with E-state index >= 15 is 0 Å². The number of hydrogen-bond acceptors (Lipinski definition) is 6. The van der Waals surface area contributed by atoms with E-state index in [4.69, 9.17) is 4.74 Å². The minimum Gasteiger partial charge on any atom is -0.497 e. The maximum Gasteiger partial charge on any atom is 0.271 e. The van der Waals surface area contributed by atoms with Crippen LogP contribution in [0.3, 0.4) is 0 Å². The number of aromatic nitrogens is 2. The standard InChI is InChI=1S/C23H23N5O5/c1-4-17-21(14-6-5-7-16(10-14)33-3)22-25-23(30)19(27(22)26-17)12-20(29)24-18-11-15(28(31)32)9-8-13(18)2/h5-11,19H,4,12H2,1-3H3,(H,24,29)(H,25,30). The van der Waals surface area contributed by atoms with E-state index in [9.17, 15) is 19.7 Å². The van der Waals surface area contributed by atoms with Crippen molar-refractivity contribution in [3.63, 3.8) is 0 Å². The van der Waals surface area contributed by atoms with Crippen molar-refractivity contribution >= 4 is 29.0 Å². The first-order valence-corrected chi connectivity index (χ1v) is 10.4. The van der Waals surface area contributed by atoms with Gasteiger partial charge in [-0.3, -0.25) is 19.7 Å². The van der Waals surface area contributed by atoms with Gasteiger partial charge in [-0.05, 0) is 36.6 Å². The highest BCUT2D eigenvalue weighted by molar-refractivity contribution is 6.04. The van der Waals surface area contributed by atoms with E-state index in [0.29, 0.717) is 29.2 Å². The van der Waals surface area contributed by atoms with Crippen LogP contribution in [0.1, 0.15) is 30.6 Å². The number of nitrogens with zero attached hydrogens (tertiary/aromatic N) is 3. The molecule has 4 rings (SSSR count). The lowest BCUT2D eigenvalue weighted by Crippen LogP contribution is -2.24. The Kier molecular flexibility index (Phi) is 5.82. The van der Waals surface area contributed by atoms with Gasteiger partial charge in [-0.1, -0.05) is 25.1 Å². The molecule has 1 unspecified atom stereocenters. The zero-order chi connectivity index (χ0) is 23.7. The number of non-ortho nitro benzene ring substituents is 1. The first kappa shape index (κ1) is 22.0. The highest BCUT2D eigenvalue weighted by Gasteiger charge is 2.37. The smallest absolute Gasteiger partial charge is 0.271 e. The summed E-state index contributed by atoms with van der Waals surface area (Å²) in [4.78, 5) is 36.0. The molecule has 1 aliphatic heterocycles. The van der Waals surface area contributed by atoms with Crippen molar-refractivity contribution in [1.82, 2.24) is 9.78 Å². The topological polar surface area (TPSA) is 128 Å². The van der Waals surface area contributed by atoms with Crippen LogP contribution in [-0.2, 0) is 16.0 Å². The number of benzene rings is 2. The molecule has 3 aromatic rings. The summed E-state index contributed by atoms with van der Waals surface area (Å²) < 4.78 is 6.87. The van der Waals surface area contributed by atoms with E-state index in [1.54, 1.807) is 24.8 Å². The largest absolute Gasteiger partial charge is 0.497 e. The van der Waals surface area contributed by atoms with E-state index in [2.05, 4.69) is 15.7 Å². The summed E-state index contributed by atoms with van der Waals surface area (Å²) >= 11 is 0. The minimum atomic E-state index is -0.830. The quantitative estimate of drug-likeness (QED) is 0.416. The van der Waals surface area contributed by atoms with Crippen LogP contribution in [0.15, 0.2) is 42.5 Å². The van der Waals surface area contributed by atoms with Gasteiger partial charge in [-0.25, -0.2) is 4.68 Å². The minimum absolute atomic E-state index is 0.126. The summed E-state index contributed by atoms with van der Waals surface area (Å²) in [6, 6.07) is 10.9. The van der Waals surface area contributed by atoms with Crippen LogP contribution < -0.4 is 15.4 Å². The van der Waals surface area contributed by atoms with Crippen molar-refractivity contribution in [1.29, 1.82) is 0 Å². The number of ether oxygens (including phenoxy) is 1. The van der Waals surface area contributed by atoms with E-state index in [1.807, 2.05) is 31.2 Å². The van der Waals surface area contributed by atoms with Crippen molar-refractivity contribution in [2.45, 2.75) is 32.7 Å². The fraction of sp³-hybridized carbons (Fsp3) is 0.261. The van der Waals surface area contributed by atoms with Crippen molar-refractivity contribution in [2.75, 3.05) is 17.7 Å². The fourth-order valence-electron chi connectivity index (χ4n) is 3.88. The van der Waals surface area contributed by atoms with Crippen LogP contribution in [0.4, 0.5) is 17.2 Å². The summed E-state index contributed by atoms with van der Waals surface area (Å²) in [6.07, 6.45) is 0.470. The van der Waals surface area contributed by atoms with Crippen molar-refractivity contribution in [2.24, 2.45) is 0 Å². The third-order valence-electron chi connectivity index (χ3n) is 5.60. The highest BCUT2D eigenvalue weighted by Crippen LogP contribution is 2.39. The molecule has 10 nitrogen and oxygen atoms in total. The average Bonchev–Trinajstić information content (AvgIpc) is 3.30. The molecule has 10 heteroatoms. The molecule has 2 amide bonds. The molecule has 0 saturated carbocycles. The third-order valence-corrected chi connectivity index (χ3v) is 5.60. The third kappa shape index (κ3) is 4.14. The summed E-state index contributed by atoms with van der Waals surface area (Å²) in [5, 5.41) is 21.2. The molecule has 0 aliphatic carbocycles. The molecule has 2 heterocycles. The molecule has 0 saturated heterocycles. The first-order valence-electron chi connectivity index (χ1n) is 10.4. The number of methoxy groups -OCH3 is 1. The van der Waals surface area contributed by atoms with Crippen LogP contribution in [-0.4, -0.2) is 33.6 Å². The lowest BCUT2D eigenvalue weighted by atomic mass is 10.0. The summed E-state index contributed by atoms with van der Waals surface area (Å²) in [7, 11) is 1.59. The van der Waals surface area contributed by atoms with Gasteiger partial charge >= 0.3 is 0 Å². The molecular weight excluding hydrogens is 426 g/mol. The van der Waals surface area contributed by atoms with E-state index in [0.717, 1.165) is 16.8 Å². The molecule has 0 fully saturated rings. The first-order chi connectivity index (χ1) is 15.8. The molecule has 33 heavy (non-hydrogen) atoms. The number of carbonyl (C=O) groups excluding carboxylic acids is 2. The van der Waals surface area contributed by atoms with Gasteiger partial charge in [-0.2, -0.15) is 5.10 Å². The predicted molar refractivity (Wildman–Crippen MR) is 122 cm³/mol. The summed E-state index contributed by atoms with van der Waals surface area (Å²) in [6.45, 7) is 3.71. The SMILES string of the molecule is CCc1nn2c(c1-c1cccc(OC)c1)NC(=O)C2CC(=O)Nc1cc([N+](=O)[O-])ccc1C. The fourth-order valence-corrected chi connectivity index (χ4v) is 3.88. The Hall–Kier alpha value is -4.21. The number of nitrogens with one attached hydrogen (secondary N) is 2. The molecule has 2 aromatic carbocycles. The van der Waals surface area contributed by atoms with Gasteiger partial charge in [0.2, 0.25) is 5.91 Å². The predicted octanol–water partition coefficient (Wildman–Crippen LogP) is 3.86. The van der Waals surface area contributed by atoms with Crippen LogP contribution in [0, 0.1) is 17.0 Å². The second-order valence-electron chi connectivity index (χ2n) is 7.71. The Balaban J connectivity index is 1.61. The lowest BCUT2D eigenvalue weighted by molar-refractivity contribution is -0.384. The van der Waals surface area contributed by atoms with Crippen molar-refractivity contribution < 1.29 is 19.2 Å². The summed E-state index contributed by atoms with van der Waals surface area (Å²) in [5.41, 5.74) is 3.32. The number of aryl methyl sites for hydroxylation is 2. The molecule has 1 aromatic heterocycles. The number of fused-ring (bicyclic) bond motifs is 1. The molecular formula is C23H23N5O5. The number of carbonyl (C=O) groups is 2. The van der Waals surface area contributed by atoms with Crippen LogP contribution in [0.25, 0.3) is 11.1 Å². The Morgan fingerprint density at radius 3 is 2.79 bits per heavy atom. The normalized spacial score (nSPS) is 14.5. The Bertz CT molecular complexity index is 1270. The van der Waals surface area contributed by atoms with Crippen LogP contribution >= 0.6 is 0 Å². The maximum atomic E-state index is 12.8. The number of amides is 2. The molecule has 1 aliphatic rings. The number of nitro benzene ring substituents is 1. The maximum absolute atomic E-state index is 12.8. The zero-order valence-electron chi connectivity index (χ0n) is 18.4. The van der Waals surface area contributed by atoms with Gasteiger partial charge in [0.05, 0.1) is 29.8 Å². The molecule has 0 bridgehead atoms. The molecule has 2 N–H and O–H groups in total. The zero-order valence-corrected chi connectivity index (χ0v) is 18.4. The van der Waals surface area contributed by atoms with Gasteiger partial charge in [0, 0.05) is 17.7 Å².